The van der Waals surface area contributed by atoms with E-state index in [1.807, 2.05) is 38.1 Å². The fraction of sp³-hybridized carbons (Fsp3) is 0.562. The van der Waals surface area contributed by atoms with E-state index in [2.05, 4.69) is 19.2 Å². The molecular formula is C16H25NO2. The predicted octanol–water partition coefficient (Wildman–Crippen LogP) is 3.29. The molecule has 0 saturated carbocycles. The molecule has 0 heterocycles. The van der Waals surface area contributed by atoms with E-state index < -0.39 is 0 Å². The summed E-state index contributed by atoms with van der Waals surface area (Å²) in [5.41, 5.74) is 0.730. The lowest BCUT2D eigenvalue weighted by atomic mass is 10.1. The topological polar surface area (TPSA) is 38.3 Å². The Labute approximate surface area is 116 Å². The maximum Gasteiger partial charge on any atom is 0.176 e. The second-order valence-electron chi connectivity index (χ2n) is 5.47. The van der Waals surface area contributed by atoms with Crippen molar-refractivity contribution >= 4 is 5.78 Å². The van der Waals surface area contributed by atoms with Gasteiger partial charge in [0.2, 0.25) is 0 Å². The minimum absolute atomic E-state index is 0.125. The molecule has 1 rings (SSSR count). The van der Waals surface area contributed by atoms with E-state index in [4.69, 9.17) is 4.74 Å². The largest absolute Gasteiger partial charge is 0.491 e. The number of rotatable bonds is 8. The smallest absolute Gasteiger partial charge is 0.176 e. The van der Waals surface area contributed by atoms with E-state index in [0.29, 0.717) is 12.5 Å². The van der Waals surface area contributed by atoms with Gasteiger partial charge in [0, 0.05) is 5.56 Å². The van der Waals surface area contributed by atoms with Crippen molar-refractivity contribution < 1.29 is 9.53 Å². The quantitative estimate of drug-likeness (QED) is 0.578. The summed E-state index contributed by atoms with van der Waals surface area (Å²) < 4.78 is 5.55. The van der Waals surface area contributed by atoms with Crippen LogP contribution in [0.3, 0.4) is 0 Å². The highest BCUT2D eigenvalue weighted by Crippen LogP contribution is 2.14. The number of carbonyl (C=O) groups excluding carboxylic acids is 1. The van der Waals surface area contributed by atoms with Crippen molar-refractivity contribution in [2.75, 3.05) is 13.1 Å². The number of ether oxygens (including phenoxy) is 1. The van der Waals surface area contributed by atoms with Gasteiger partial charge < -0.3 is 10.1 Å². The molecule has 0 aromatic heterocycles. The highest BCUT2D eigenvalue weighted by molar-refractivity contribution is 5.97. The van der Waals surface area contributed by atoms with E-state index in [1.54, 1.807) is 0 Å². The van der Waals surface area contributed by atoms with Crippen molar-refractivity contribution in [3.05, 3.63) is 29.8 Å². The standard InChI is InChI=1S/C16H25NO2/c1-12(2)9-10-17-11-16(18)14-5-7-15(8-6-14)19-13(3)4/h5-8,12-13,17H,9-11H2,1-4H3. The molecule has 0 atom stereocenters. The summed E-state index contributed by atoms with van der Waals surface area (Å²) in [4.78, 5) is 11.9. The average molecular weight is 263 g/mol. The molecule has 0 aliphatic carbocycles. The van der Waals surface area contributed by atoms with Gasteiger partial charge in [-0.3, -0.25) is 4.79 Å². The Kier molecular flexibility index (Phi) is 6.57. The Morgan fingerprint density at radius 3 is 2.32 bits per heavy atom. The Morgan fingerprint density at radius 2 is 1.79 bits per heavy atom. The van der Waals surface area contributed by atoms with Gasteiger partial charge in [-0.2, -0.15) is 0 Å². The van der Waals surface area contributed by atoms with Gasteiger partial charge in [-0.05, 0) is 57.0 Å². The maximum atomic E-state index is 11.9. The minimum atomic E-state index is 0.125. The monoisotopic (exact) mass is 263 g/mol. The molecule has 106 valence electrons. The van der Waals surface area contributed by atoms with Crippen molar-refractivity contribution in [1.82, 2.24) is 5.32 Å². The molecule has 0 aliphatic heterocycles. The van der Waals surface area contributed by atoms with Gasteiger partial charge in [0.25, 0.3) is 0 Å². The SMILES string of the molecule is CC(C)CCNCC(=O)c1ccc(OC(C)C)cc1. The zero-order chi connectivity index (χ0) is 14.3. The number of Topliss-reactive ketones (excluding diaryl/α,β-unsaturated/α-hetero) is 1. The normalized spacial score (nSPS) is 11.1. The van der Waals surface area contributed by atoms with Crippen LogP contribution in [0.5, 0.6) is 5.75 Å². The van der Waals surface area contributed by atoms with Gasteiger partial charge >= 0.3 is 0 Å². The highest BCUT2D eigenvalue weighted by atomic mass is 16.5. The zero-order valence-electron chi connectivity index (χ0n) is 12.4. The van der Waals surface area contributed by atoms with Crippen LogP contribution >= 0.6 is 0 Å². The third-order valence-corrected chi connectivity index (χ3v) is 2.73. The summed E-state index contributed by atoms with van der Waals surface area (Å²) in [5.74, 6) is 1.59. The molecule has 0 spiro atoms. The van der Waals surface area contributed by atoms with Gasteiger partial charge in [0.15, 0.2) is 5.78 Å². The Morgan fingerprint density at radius 1 is 1.16 bits per heavy atom. The van der Waals surface area contributed by atoms with E-state index in [-0.39, 0.29) is 11.9 Å². The first-order valence-corrected chi connectivity index (χ1v) is 6.99. The Bertz CT molecular complexity index is 382. The summed E-state index contributed by atoms with van der Waals surface area (Å²) in [6.45, 7) is 9.61. The third kappa shape index (κ3) is 6.39. The number of carbonyl (C=O) groups is 1. The molecular weight excluding hydrogens is 238 g/mol. The lowest BCUT2D eigenvalue weighted by molar-refractivity contribution is 0.0991. The van der Waals surface area contributed by atoms with Gasteiger partial charge in [0.1, 0.15) is 5.75 Å². The molecule has 0 unspecified atom stereocenters. The van der Waals surface area contributed by atoms with Crippen LogP contribution in [0.4, 0.5) is 0 Å². The van der Waals surface area contributed by atoms with Crippen LogP contribution in [0.2, 0.25) is 0 Å². The Balaban J connectivity index is 2.40. The number of ketones is 1. The molecule has 1 N–H and O–H groups in total. The molecule has 0 saturated heterocycles. The molecule has 1 aromatic carbocycles. The first kappa shape index (κ1) is 15.7. The summed E-state index contributed by atoms with van der Waals surface area (Å²) in [6.07, 6.45) is 1.24. The van der Waals surface area contributed by atoms with Crippen LogP contribution < -0.4 is 10.1 Å². The molecule has 0 radical (unpaired) electrons. The van der Waals surface area contributed by atoms with Crippen LogP contribution in [0.1, 0.15) is 44.5 Å². The van der Waals surface area contributed by atoms with Gasteiger partial charge in [-0.25, -0.2) is 0 Å². The van der Waals surface area contributed by atoms with Gasteiger partial charge in [-0.15, -0.1) is 0 Å². The van der Waals surface area contributed by atoms with E-state index in [1.165, 1.54) is 0 Å². The third-order valence-electron chi connectivity index (χ3n) is 2.73. The van der Waals surface area contributed by atoms with Crippen LogP contribution in [0.15, 0.2) is 24.3 Å². The van der Waals surface area contributed by atoms with Crippen LogP contribution in [-0.4, -0.2) is 25.0 Å². The van der Waals surface area contributed by atoms with Crippen molar-refractivity contribution in [2.24, 2.45) is 5.92 Å². The summed E-state index contributed by atoms with van der Waals surface area (Å²) in [6, 6.07) is 7.34. The molecule has 3 heteroatoms. The average Bonchev–Trinajstić information content (AvgIpc) is 2.34. The predicted molar refractivity (Wildman–Crippen MR) is 78.9 cm³/mol. The van der Waals surface area contributed by atoms with E-state index in [0.717, 1.165) is 24.3 Å². The lowest BCUT2D eigenvalue weighted by Gasteiger charge is -2.10. The minimum Gasteiger partial charge on any atom is -0.491 e. The second kappa shape index (κ2) is 7.95. The zero-order valence-corrected chi connectivity index (χ0v) is 12.4. The second-order valence-corrected chi connectivity index (χ2v) is 5.47. The molecule has 0 amide bonds. The van der Waals surface area contributed by atoms with Crippen LogP contribution in [-0.2, 0) is 0 Å². The van der Waals surface area contributed by atoms with Gasteiger partial charge in [-0.1, -0.05) is 13.8 Å². The lowest BCUT2D eigenvalue weighted by Crippen LogP contribution is -2.24. The Hall–Kier alpha value is -1.35. The number of hydrogen-bond donors (Lipinski definition) is 1. The number of benzene rings is 1. The molecule has 19 heavy (non-hydrogen) atoms. The fourth-order valence-electron chi connectivity index (χ4n) is 1.69. The number of nitrogens with one attached hydrogen (secondary N) is 1. The van der Waals surface area contributed by atoms with Crippen molar-refractivity contribution in [3.63, 3.8) is 0 Å². The summed E-state index contributed by atoms with van der Waals surface area (Å²) in [7, 11) is 0. The van der Waals surface area contributed by atoms with Crippen LogP contribution in [0.25, 0.3) is 0 Å². The molecule has 0 fully saturated rings. The number of hydrogen-bond acceptors (Lipinski definition) is 3. The van der Waals surface area contributed by atoms with E-state index in [9.17, 15) is 4.79 Å². The van der Waals surface area contributed by atoms with Crippen molar-refractivity contribution in [2.45, 2.75) is 40.2 Å². The van der Waals surface area contributed by atoms with Crippen LogP contribution in [0, 0.1) is 5.92 Å². The van der Waals surface area contributed by atoms with Crippen molar-refractivity contribution in [3.8, 4) is 5.75 Å². The van der Waals surface area contributed by atoms with Gasteiger partial charge in [0.05, 0.1) is 12.6 Å². The maximum absolute atomic E-state index is 11.9. The summed E-state index contributed by atoms with van der Waals surface area (Å²) in [5, 5.41) is 3.18. The molecule has 0 aliphatic rings. The van der Waals surface area contributed by atoms with E-state index >= 15 is 0 Å². The molecule has 3 nitrogen and oxygen atoms in total. The summed E-state index contributed by atoms with van der Waals surface area (Å²) >= 11 is 0. The molecule has 0 bridgehead atoms. The first-order chi connectivity index (χ1) is 8.99. The fourth-order valence-corrected chi connectivity index (χ4v) is 1.69. The highest BCUT2D eigenvalue weighted by Gasteiger charge is 2.06. The first-order valence-electron chi connectivity index (χ1n) is 6.99. The molecule has 1 aromatic rings. The van der Waals surface area contributed by atoms with Crippen molar-refractivity contribution in [1.29, 1.82) is 0 Å².